The van der Waals surface area contributed by atoms with Crippen molar-refractivity contribution in [3.05, 3.63) is 11.3 Å². The number of aliphatic hydroxyl groups excluding tert-OH is 2. The Hall–Kier alpha value is -1.69. The number of esters is 1. The summed E-state index contributed by atoms with van der Waals surface area (Å²) in [6, 6.07) is 0. The SMILES string of the molecule is CCOC(=O)C1CC(=O)C(=C(O)C2CC2O)C(=O)C1. The molecule has 0 amide bonds. The van der Waals surface area contributed by atoms with Crippen molar-refractivity contribution in [2.75, 3.05) is 6.61 Å². The van der Waals surface area contributed by atoms with Gasteiger partial charge in [0, 0.05) is 18.8 Å². The number of Topliss-reactive ketones (excluding diaryl/α,β-unsaturated/α-hetero) is 2. The molecule has 2 fully saturated rings. The summed E-state index contributed by atoms with van der Waals surface area (Å²) in [5.74, 6) is -3.27. The lowest BCUT2D eigenvalue weighted by Crippen LogP contribution is -2.33. The molecule has 2 unspecified atom stereocenters. The van der Waals surface area contributed by atoms with Crippen LogP contribution in [0, 0.1) is 11.8 Å². The number of ether oxygens (including phenoxy) is 1. The van der Waals surface area contributed by atoms with Gasteiger partial charge in [0.1, 0.15) is 5.76 Å². The summed E-state index contributed by atoms with van der Waals surface area (Å²) in [5.41, 5.74) is -0.248. The van der Waals surface area contributed by atoms with Gasteiger partial charge < -0.3 is 14.9 Å². The molecule has 0 aromatic carbocycles. The largest absolute Gasteiger partial charge is 0.511 e. The van der Waals surface area contributed by atoms with Gasteiger partial charge in [-0.3, -0.25) is 14.4 Å². The van der Waals surface area contributed by atoms with Crippen LogP contribution in [0.3, 0.4) is 0 Å². The monoisotopic (exact) mass is 268 g/mol. The zero-order valence-corrected chi connectivity index (χ0v) is 10.6. The van der Waals surface area contributed by atoms with Crippen molar-refractivity contribution >= 4 is 17.5 Å². The van der Waals surface area contributed by atoms with Crippen LogP contribution in [-0.2, 0) is 19.1 Å². The van der Waals surface area contributed by atoms with E-state index >= 15 is 0 Å². The Bertz CT molecular complexity index is 444. The molecule has 0 aromatic rings. The van der Waals surface area contributed by atoms with E-state index in [1.54, 1.807) is 6.92 Å². The molecule has 2 rings (SSSR count). The summed E-state index contributed by atoms with van der Waals surface area (Å²) in [4.78, 5) is 35.3. The predicted molar refractivity (Wildman–Crippen MR) is 63.1 cm³/mol. The number of rotatable bonds is 3. The first-order valence-corrected chi connectivity index (χ1v) is 6.29. The van der Waals surface area contributed by atoms with Gasteiger partial charge in [0.25, 0.3) is 0 Å². The van der Waals surface area contributed by atoms with Crippen LogP contribution in [0.4, 0.5) is 0 Å². The molecule has 0 radical (unpaired) electrons. The zero-order valence-electron chi connectivity index (χ0n) is 10.6. The maximum Gasteiger partial charge on any atom is 0.309 e. The minimum absolute atomic E-state index is 0.132. The third-order valence-corrected chi connectivity index (χ3v) is 3.41. The first kappa shape index (κ1) is 13.7. The van der Waals surface area contributed by atoms with E-state index in [-0.39, 0.29) is 30.8 Å². The van der Waals surface area contributed by atoms with E-state index in [0.717, 1.165) is 0 Å². The molecule has 2 saturated carbocycles. The highest BCUT2D eigenvalue weighted by Crippen LogP contribution is 2.39. The van der Waals surface area contributed by atoms with Crippen molar-refractivity contribution in [1.82, 2.24) is 0 Å². The summed E-state index contributed by atoms with van der Waals surface area (Å²) in [7, 11) is 0. The molecule has 0 spiro atoms. The molecule has 6 nitrogen and oxygen atoms in total. The maximum atomic E-state index is 11.9. The first-order valence-electron chi connectivity index (χ1n) is 6.29. The lowest BCUT2D eigenvalue weighted by Gasteiger charge is -2.21. The predicted octanol–water partition coefficient (Wildman–Crippen LogP) is 0.291. The van der Waals surface area contributed by atoms with E-state index in [0.29, 0.717) is 6.42 Å². The van der Waals surface area contributed by atoms with Gasteiger partial charge in [-0.1, -0.05) is 0 Å². The van der Waals surface area contributed by atoms with E-state index in [1.165, 1.54) is 0 Å². The van der Waals surface area contributed by atoms with Crippen molar-refractivity contribution in [1.29, 1.82) is 0 Å². The molecule has 0 saturated heterocycles. The summed E-state index contributed by atoms with van der Waals surface area (Å²) < 4.78 is 4.79. The third kappa shape index (κ3) is 2.68. The molecule has 2 atom stereocenters. The number of carbonyl (C=O) groups excluding carboxylic acids is 3. The van der Waals surface area contributed by atoms with Gasteiger partial charge in [-0.25, -0.2) is 0 Å². The minimum atomic E-state index is -0.763. The van der Waals surface area contributed by atoms with Gasteiger partial charge in [-0.05, 0) is 13.3 Å². The molecule has 104 valence electrons. The average molecular weight is 268 g/mol. The molecule has 0 aliphatic heterocycles. The van der Waals surface area contributed by atoms with E-state index < -0.39 is 35.5 Å². The average Bonchev–Trinajstić information content (AvgIpc) is 3.05. The highest BCUT2D eigenvalue weighted by atomic mass is 16.5. The van der Waals surface area contributed by atoms with Gasteiger partial charge in [-0.15, -0.1) is 0 Å². The number of ketones is 2. The fraction of sp³-hybridized carbons (Fsp3) is 0.615. The summed E-state index contributed by atoms with van der Waals surface area (Å²) in [6.07, 6.45) is -0.590. The van der Waals surface area contributed by atoms with Crippen LogP contribution in [0.1, 0.15) is 26.2 Å². The normalized spacial score (nSPS) is 30.2. The molecule has 2 aliphatic carbocycles. The highest BCUT2D eigenvalue weighted by molar-refractivity contribution is 6.23. The Morgan fingerprint density at radius 3 is 2.26 bits per heavy atom. The third-order valence-electron chi connectivity index (χ3n) is 3.41. The van der Waals surface area contributed by atoms with Gasteiger partial charge in [0.05, 0.1) is 24.2 Å². The van der Waals surface area contributed by atoms with E-state index in [9.17, 15) is 24.6 Å². The van der Waals surface area contributed by atoms with Crippen LogP contribution < -0.4 is 0 Å². The highest BCUT2D eigenvalue weighted by Gasteiger charge is 2.45. The van der Waals surface area contributed by atoms with Crippen LogP contribution >= 0.6 is 0 Å². The van der Waals surface area contributed by atoms with Crippen molar-refractivity contribution in [2.45, 2.75) is 32.3 Å². The van der Waals surface area contributed by atoms with Crippen LogP contribution in [-0.4, -0.2) is 40.5 Å². The zero-order chi connectivity index (χ0) is 14.2. The topological polar surface area (TPSA) is 101 Å². The number of hydrogen-bond donors (Lipinski definition) is 2. The lowest BCUT2D eigenvalue weighted by atomic mass is 9.82. The fourth-order valence-electron chi connectivity index (χ4n) is 2.25. The van der Waals surface area contributed by atoms with Crippen LogP contribution in [0.5, 0.6) is 0 Å². The summed E-state index contributed by atoms with van der Waals surface area (Å²) in [6.45, 7) is 1.84. The Morgan fingerprint density at radius 2 is 1.84 bits per heavy atom. The standard InChI is InChI=1S/C13H16O6/c1-2-19-13(18)6-3-9(15)11(10(16)4-6)12(17)7-5-8(7)14/h6-8,14,17H,2-5H2,1H3. The quantitative estimate of drug-likeness (QED) is 0.330. The number of aliphatic hydroxyl groups is 2. The molecule has 2 N–H and O–H groups in total. The van der Waals surface area contributed by atoms with Gasteiger partial charge in [0.2, 0.25) is 0 Å². The molecule has 0 heterocycles. The second-order valence-electron chi connectivity index (χ2n) is 4.87. The Balaban J connectivity index is 2.14. The fourth-order valence-corrected chi connectivity index (χ4v) is 2.25. The summed E-state index contributed by atoms with van der Waals surface area (Å²) >= 11 is 0. The molecular formula is C13H16O6. The smallest absolute Gasteiger partial charge is 0.309 e. The van der Waals surface area contributed by atoms with Crippen molar-refractivity contribution in [3.63, 3.8) is 0 Å². The second kappa shape index (κ2) is 5.13. The van der Waals surface area contributed by atoms with Crippen LogP contribution in [0.2, 0.25) is 0 Å². The van der Waals surface area contributed by atoms with Gasteiger partial charge in [-0.2, -0.15) is 0 Å². The summed E-state index contributed by atoms with van der Waals surface area (Å²) in [5, 5.41) is 19.0. The van der Waals surface area contributed by atoms with Crippen molar-refractivity contribution in [3.8, 4) is 0 Å². The maximum absolute atomic E-state index is 11.9. The van der Waals surface area contributed by atoms with Crippen LogP contribution in [0.15, 0.2) is 11.3 Å². The Labute approximate surface area is 110 Å². The number of hydrogen-bond acceptors (Lipinski definition) is 6. The minimum Gasteiger partial charge on any atom is -0.511 e. The van der Waals surface area contributed by atoms with Gasteiger partial charge >= 0.3 is 5.97 Å². The van der Waals surface area contributed by atoms with Crippen LogP contribution in [0.25, 0.3) is 0 Å². The molecule has 2 aliphatic rings. The van der Waals surface area contributed by atoms with Gasteiger partial charge in [0.15, 0.2) is 11.6 Å². The lowest BCUT2D eigenvalue weighted by molar-refractivity contribution is -0.151. The molecule has 6 heteroatoms. The second-order valence-corrected chi connectivity index (χ2v) is 4.87. The van der Waals surface area contributed by atoms with E-state index in [1.807, 2.05) is 0 Å². The van der Waals surface area contributed by atoms with E-state index in [2.05, 4.69) is 0 Å². The van der Waals surface area contributed by atoms with E-state index in [4.69, 9.17) is 4.74 Å². The first-order chi connectivity index (χ1) is 8.95. The number of carbonyl (C=O) groups is 3. The molecule has 0 bridgehead atoms. The molecule has 0 aromatic heterocycles. The molecule has 19 heavy (non-hydrogen) atoms. The van der Waals surface area contributed by atoms with Crippen molar-refractivity contribution in [2.24, 2.45) is 11.8 Å². The Morgan fingerprint density at radius 1 is 1.32 bits per heavy atom. The molecular weight excluding hydrogens is 252 g/mol. The number of allylic oxidation sites excluding steroid dienone is 1. The van der Waals surface area contributed by atoms with Crippen molar-refractivity contribution < 1.29 is 29.3 Å². The Kier molecular flexibility index (Phi) is 3.71.